The molecule has 1 aromatic carbocycles. The van der Waals surface area contributed by atoms with Gasteiger partial charge in [-0.15, -0.1) is 0 Å². The summed E-state index contributed by atoms with van der Waals surface area (Å²) in [5.41, 5.74) is 7.33. The van der Waals surface area contributed by atoms with Crippen molar-refractivity contribution in [2.24, 2.45) is 5.73 Å². The second-order valence-corrected chi connectivity index (χ2v) is 5.02. The van der Waals surface area contributed by atoms with Crippen molar-refractivity contribution in [1.82, 2.24) is 4.98 Å². The lowest BCUT2D eigenvalue weighted by atomic mass is 9.90. The van der Waals surface area contributed by atoms with Crippen molar-refractivity contribution < 1.29 is 4.39 Å². The molecule has 2 rings (SSSR count). The van der Waals surface area contributed by atoms with E-state index in [9.17, 15) is 4.39 Å². The van der Waals surface area contributed by atoms with Crippen LogP contribution in [0.5, 0.6) is 0 Å². The molecular formula is C14H14ClFN2. The Balaban J connectivity index is 2.20. The first kappa shape index (κ1) is 13.0. The molecule has 94 valence electrons. The van der Waals surface area contributed by atoms with Crippen LogP contribution in [0.3, 0.4) is 0 Å². The number of aromatic nitrogens is 1. The van der Waals surface area contributed by atoms with Gasteiger partial charge in [-0.1, -0.05) is 23.7 Å². The third-order valence-electron chi connectivity index (χ3n) is 2.80. The average molecular weight is 265 g/mol. The zero-order valence-corrected chi connectivity index (χ0v) is 10.8. The van der Waals surface area contributed by atoms with E-state index in [0.29, 0.717) is 17.1 Å². The predicted octanol–water partition coefficient (Wildman–Crippen LogP) is 3.29. The molecule has 0 saturated carbocycles. The van der Waals surface area contributed by atoms with Crippen molar-refractivity contribution in [3.05, 3.63) is 64.7 Å². The van der Waals surface area contributed by atoms with Gasteiger partial charge in [-0.2, -0.15) is 0 Å². The molecule has 0 radical (unpaired) electrons. The topological polar surface area (TPSA) is 38.9 Å². The molecule has 0 spiro atoms. The van der Waals surface area contributed by atoms with Crippen molar-refractivity contribution in [3.8, 4) is 0 Å². The number of halogens is 2. The summed E-state index contributed by atoms with van der Waals surface area (Å²) in [4.78, 5) is 4.04. The average Bonchev–Trinajstić information content (AvgIpc) is 2.32. The highest BCUT2D eigenvalue weighted by molar-refractivity contribution is 6.30. The SMILES string of the molecule is CC(N)(Cc1ccc(Cl)cc1)c1ccc(F)cn1. The van der Waals surface area contributed by atoms with Gasteiger partial charge >= 0.3 is 0 Å². The highest BCUT2D eigenvalue weighted by Crippen LogP contribution is 2.22. The Morgan fingerprint density at radius 1 is 1.22 bits per heavy atom. The fourth-order valence-electron chi connectivity index (χ4n) is 1.83. The third-order valence-corrected chi connectivity index (χ3v) is 3.05. The van der Waals surface area contributed by atoms with E-state index in [0.717, 1.165) is 5.56 Å². The Bertz CT molecular complexity index is 520. The van der Waals surface area contributed by atoms with Crippen LogP contribution < -0.4 is 5.73 Å². The van der Waals surface area contributed by atoms with Gasteiger partial charge in [-0.05, 0) is 43.2 Å². The van der Waals surface area contributed by atoms with Crippen molar-refractivity contribution in [2.75, 3.05) is 0 Å². The van der Waals surface area contributed by atoms with Crippen molar-refractivity contribution in [1.29, 1.82) is 0 Å². The Morgan fingerprint density at radius 2 is 1.89 bits per heavy atom. The monoisotopic (exact) mass is 264 g/mol. The number of pyridine rings is 1. The minimum Gasteiger partial charge on any atom is -0.320 e. The van der Waals surface area contributed by atoms with E-state index in [1.165, 1.54) is 12.3 Å². The zero-order chi connectivity index (χ0) is 13.2. The zero-order valence-electron chi connectivity index (χ0n) is 10.0. The van der Waals surface area contributed by atoms with Gasteiger partial charge in [0.2, 0.25) is 0 Å². The predicted molar refractivity (Wildman–Crippen MR) is 70.9 cm³/mol. The van der Waals surface area contributed by atoms with Crippen molar-refractivity contribution in [3.63, 3.8) is 0 Å². The van der Waals surface area contributed by atoms with Gasteiger partial charge in [0.25, 0.3) is 0 Å². The maximum Gasteiger partial charge on any atom is 0.141 e. The van der Waals surface area contributed by atoms with Gasteiger partial charge < -0.3 is 5.73 Å². The minimum absolute atomic E-state index is 0.360. The summed E-state index contributed by atoms with van der Waals surface area (Å²) in [5, 5.41) is 0.692. The number of rotatable bonds is 3. The van der Waals surface area contributed by atoms with Gasteiger partial charge in [-0.25, -0.2) is 4.39 Å². The molecule has 1 atom stereocenters. The number of nitrogens with two attached hydrogens (primary N) is 1. The lowest BCUT2D eigenvalue weighted by molar-refractivity contribution is 0.473. The van der Waals surface area contributed by atoms with Gasteiger partial charge in [0.15, 0.2) is 0 Å². The van der Waals surface area contributed by atoms with Gasteiger partial charge in [0, 0.05) is 5.02 Å². The summed E-state index contributed by atoms with van der Waals surface area (Å²) in [6.45, 7) is 1.88. The maximum atomic E-state index is 12.8. The van der Waals surface area contributed by atoms with Crippen LogP contribution in [0, 0.1) is 5.82 Å². The van der Waals surface area contributed by atoms with E-state index in [1.54, 1.807) is 6.07 Å². The first-order valence-corrected chi connectivity index (χ1v) is 6.00. The molecule has 0 aliphatic heterocycles. The van der Waals surface area contributed by atoms with Crippen LogP contribution >= 0.6 is 11.6 Å². The van der Waals surface area contributed by atoms with Gasteiger partial charge in [-0.3, -0.25) is 4.98 Å². The summed E-state index contributed by atoms with van der Waals surface area (Å²) in [6, 6.07) is 10.5. The molecule has 0 amide bonds. The van der Waals surface area contributed by atoms with Gasteiger partial charge in [0.1, 0.15) is 5.82 Å². The lowest BCUT2D eigenvalue weighted by Gasteiger charge is -2.24. The normalized spacial score (nSPS) is 14.2. The molecule has 0 bridgehead atoms. The Labute approximate surface area is 111 Å². The largest absolute Gasteiger partial charge is 0.320 e. The second kappa shape index (κ2) is 5.04. The van der Waals surface area contributed by atoms with Crippen LogP contribution in [0.15, 0.2) is 42.6 Å². The molecule has 2 N–H and O–H groups in total. The molecule has 4 heteroatoms. The summed E-state index contributed by atoms with van der Waals surface area (Å²) in [7, 11) is 0. The first-order chi connectivity index (χ1) is 8.47. The fraction of sp³-hybridized carbons (Fsp3) is 0.214. The molecule has 1 unspecified atom stereocenters. The quantitative estimate of drug-likeness (QED) is 0.924. The van der Waals surface area contributed by atoms with Crippen LogP contribution in [0.4, 0.5) is 4.39 Å². The smallest absolute Gasteiger partial charge is 0.141 e. The first-order valence-electron chi connectivity index (χ1n) is 5.63. The van der Waals surface area contributed by atoms with E-state index in [2.05, 4.69) is 4.98 Å². The summed E-state index contributed by atoms with van der Waals surface area (Å²) < 4.78 is 12.8. The molecule has 0 saturated heterocycles. The molecule has 1 aromatic heterocycles. The Morgan fingerprint density at radius 3 is 2.44 bits per heavy atom. The van der Waals surface area contributed by atoms with E-state index in [4.69, 9.17) is 17.3 Å². The lowest BCUT2D eigenvalue weighted by Crippen LogP contribution is -2.36. The Hall–Kier alpha value is -1.45. The summed E-state index contributed by atoms with van der Waals surface area (Å²) in [5.74, 6) is -0.360. The molecule has 1 heterocycles. The number of nitrogens with zero attached hydrogens (tertiary/aromatic N) is 1. The molecule has 18 heavy (non-hydrogen) atoms. The maximum absolute atomic E-state index is 12.8. The van der Waals surface area contributed by atoms with Crippen LogP contribution in [0.2, 0.25) is 5.02 Å². The summed E-state index contributed by atoms with van der Waals surface area (Å²) >= 11 is 5.83. The molecule has 0 aliphatic carbocycles. The second-order valence-electron chi connectivity index (χ2n) is 4.58. The van der Waals surface area contributed by atoms with Crippen LogP contribution in [-0.4, -0.2) is 4.98 Å². The van der Waals surface area contributed by atoms with Crippen LogP contribution in [-0.2, 0) is 12.0 Å². The number of hydrogen-bond donors (Lipinski definition) is 1. The molecule has 2 aromatic rings. The highest BCUT2D eigenvalue weighted by Gasteiger charge is 2.23. The standard InChI is InChI=1S/C14H14ClFN2/c1-14(17,13-7-6-12(16)9-18-13)8-10-2-4-11(15)5-3-10/h2-7,9H,8,17H2,1H3. The minimum atomic E-state index is -0.637. The highest BCUT2D eigenvalue weighted by atomic mass is 35.5. The molecule has 0 fully saturated rings. The van der Waals surface area contributed by atoms with E-state index < -0.39 is 5.54 Å². The molecule has 2 nitrogen and oxygen atoms in total. The summed E-state index contributed by atoms with van der Waals surface area (Å²) in [6.07, 6.45) is 1.80. The van der Waals surface area contributed by atoms with Crippen molar-refractivity contribution in [2.45, 2.75) is 18.9 Å². The number of benzene rings is 1. The molecular weight excluding hydrogens is 251 g/mol. The van der Waals surface area contributed by atoms with Gasteiger partial charge in [0.05, 0.1) is 17.4 Å². The number of hydrogen-bond acceptors (Lipinski definition) is 2. The third kappa shape index (κ3) is 3.06. The van der Waals surface area contributed by atoms with Crippen LogP contribution in [0.1, 0.15) is 18.2 Å². The van der Waals surface area contributed by atoms with E-state index >= 15 is 0 Å². The molecule has 0 aliphatic rings. The van der Waals surface area contributed by atoms with E-state index in [1.807, 2.05) is 31.2 Å². The van der Waals surface area contributed by atoms with E-state index in [-0.39, 0.29) is 5.82 Å². The fourth-order valence-corrected chi connectivity index (χ4v) is 1.96. The Kier molecular flexibility index (Phi) is 3.64. The van der Waals surface area contributed by atoms with Crippen molar-refractivity contribution >= 4 is 11.6 Å². The van der Waals surface area contributed by atoms with Crippen LogP contribution in [0.25, 0.3) is 0 Å².